The molecular weight excluding hydrogens is 745 g/mol. The zero-order chi connectivity index (χ0) is 42.1. The number of carbonyl (C=O) groups excluding carboxylic acids is 2. The summed E-state index contributed by atoms with van der Waals surface area (Å²) >= 11 is 0. The molecule has 1 N–H and O–H groups in total. The molecule has 12 heteroatoms. The Bertz CT molecular complexity index is 1460. The fraction of sp³-hybridized carbons (Fsp3) is 0.778. The Kier molecular flexibility index (Phi) is 25.0. The van der Waals surface area contributed by atoms with Gasteiger partial charge in [0.15, 0.2) is 6.10 Å². The van der Waals surface area contributed by atoms with Gasteiger partial charge >= 0.3 is 19.8 Å². The van der Waals surface area contributed by atoms with Gasteiger partial charge in [-0.05, 0) is 82.1 Å². The van der Waals surface area contributed by atoms with E-state index in [1.54, 1.807) is 0 Å². The topological polar surface area (TPSA) is 135 Å². The number of likely N-dealkylation sites (N-methyl/N-ethyl adjacent to an activating group) is 1. The van der Waals surface area contributed by atoms with Crippen LogP contribution in [0, 0.1) is 20.8 Å². The summed E-state index contributed by atoms with van der Waals surface area (Å²) in [6.45, 7) is 10.6. The lowest BCUT2D eigenvalue weighted by molar-refractivity contribution is -0.870. The largest absolute Gasteiger partial charge is 0.472 e. The minimum atomic E-state index is -4.40. The van der Waals surface area contributed by atoms with Crippen LogP contribution in [-0.2, 0) is 58.4 Å². The number of esters is 2. The number of hydrogen-bond donors (Lipinski definition) is 1. The van der Waals surface area contributed by atoms with Crippen molar-refractivity contribution in [3.63, 3.8) is 0 Å². The van der Waals surface area contributed by atoms with E-state index in [0.717, 1.165) is 126 Å². The predicted molar refractivity (Wildman–Crippen MR) is 226 cm³/mol. The second-order valence-corrected chi connectivity index (χ2v) is 18.3. The molecule has 2 rings (SSSR count). The number of unbranched alkanes of at least 4 members (excludes halogenated alkanes) is 12. The first-order valence-corrected chi connectivity index (χ1v) is 23.6. The Morgan fingerprint density at radius 2 is 1.18 bits per heavy atom. The lowest BCUT2D eigenvalue weighted by Crippen LogP contribution is -2.37. The van der Waals surface area contributed by atoms with E-state index < -0.39 is 32.5 Å². The summed E-state index contributed by atoms with van der Waals surface area (Å²) in [5.74, 6) is 3.62. The molecule has 0 radical (unpaired) electrons. The normalized spacial score (nSPS) is 13.5. The molecule has 2 atom stereocenters. The molecule has 0 aliphatic rings. The molecule has 2 unspecified atom stereocenters. The molecule has 0 saturated carbocycles. The van der Waals surface area contributed by atoms with Gasteiger partial charge in [-0.2, -0.15) is 0 Å². The van der Waals surface area contributed by atoms with E-state index in [4.69, 9.17) is 27.4 Å². The number of nitrogens with zero attached hydrogens (tertiary/aromatic N) is 1. The highest BCUT2D eigenvalue weighted by atomic mass is 31.2. The first-order chi connectivity index (χ1) is 27.1. The average molecular weight is 825 g/mol. The van der Waals surface area contributed by atoms with Crippen molar-refractivity contribution in [1.29, 1.82) is 0 Å². The second-order valence-electron chi connectivity index (χ2n) is 16.9. The van der Waals surface area contributed by atoms with Gasteiger partial charge in [0, 0.05) is 38.5 Å². The van der Waals surface area contributed by atoms with E-state index in [9.17, 15) is 19.0 Å². The fourth-order valence-electron chi connectivity index (χ4n) is 6.77. The quantitative estimate of drug-likeness (QED) is 0.0314. The third-order valence-corrected chi connectivity index (χ3v) is 11.4. The van der Waals surface area contributed by atoms with Gasteiger partial charge in [-0.25, -0.2) is 4.57 Å². The van der Waals surface area contributed by atoms with Gasteiger partial charge in [0.05, 0.1) is 27.7 Å². The van der Waals surface area contributed by atoms with Crippen molar-refractivity contribution in [1.82, 2.24) is 0 Å². The molecule has 0 aromatic carbocycles. The number of furan rings is 2. The highest BCUT2D eigenvalue weighted by Gasteiger charge is 2.27. The van der Waals surface area contributed by atoms with Gasteiger partial charge in [-0.3, -0.25) is 18.6 Å². The predicted octanol–water partition coefficient (Wildman–Crippen LogP) is 11.0. The molecule has 11 nitrogen and oxygen atoms in total. The van der Waals surface area contributed by atoms with Crippen LogP contribution in [0.25, 0.3) is 0 Å². The van der Waals surface area contributed by atoms with Crippen LogP contribution in [0.1, 0.15) is 169 Å². The number of aryl methyl sites for hydroxylation is 5. The van der Waals surface area contributed by atoms with E-state index in [0.29, 0.717) is 23.9 Å². The number of phosphoric acid groups is 1. The maximum atomic E-state index is 12.8. The van der Waals surface area contributed by atoms with Gasteiger partial charge < -0.3 is 27.7 Å². The Morgan fingerprint density at radius 1 is 0.667 bits per heavy atom. The molecule has 0 aliphatic heterocycles. The molecule has 2 aromatic rings. The monoisotopic (exact) mass is 825 g/mol. The molecule has 0 saturated heterocycles. The highest BCUT2D eigenvalue weighted by molar-refractivity contribution is 7.47. The zero-order valence-electron chi connectivity index (χ0n) is 37.1. The standard InChI is InChI=1S/C45H78NO10P/c1-9-25-39-33-36(3)41(54-39)27-21-17-13-11-12-14-20-24-30-45(48)55-40(35-53-57(49,50)52-32-31-46(6,7)8)34-51-44(47)29-23-19-16-15-18-22-28-43-38(5)37(4)42(56-43)26-10-2/h33,40H,9-32,34-35H2,1-8H3/p+1. The molecule has 2 aromatic heterocycles. The lowest BCUT2D eigenvalue weighted by Gasteiger charge is -2.24. The molecule has 0 bridgehead atoms. The maximum absolute atomic E-state index is 12.8. The number of hydrogen-bond acceptors (Lipinski definition) is 9. The van der Waals surface area contributed by atoms with Crippen molar-refractivity contribution >= 4 is 19.8 Å². The van der Waals surface area contributed by atoms with E-state index in [1.165, 1.54) is 29.5 Å². The van der Waals surface area contributed by atoms with Crippen LogP contribution in [0.15, 0.2) is 14.9 Å². The summed E-state index contributed by atoms with van der Waals surface area (Å²) in [5.41, 5.74) is 3.84. The Morgan fingerprint density at radius 3 is 1.74 bits per heavy atom. The third kappa shape index (κ3) is 23.1. The van der Waals surface area contributed by atoms with Gasteiger partial charge in [-0.1, -0.05) is 78.1 Å². The number of quaternary nitrogens is 1. The van der Waals surface area contributed by atoms with E-state index in [-0.39, 0.29) is 26.1 Å². The highest BCUT2D eigenvalue weighted by Crippen LogP contribution is 2.43. The summed E-state index contributed by atoms with van der Waals surface area (Å²) in [5, 5.41) is 0. The van der Waals surface area contributed by atoms with Crippen LogP contribution in [0.5, 0.6) is 0 Å². The van der Waals surface area contributed by atoms with Crippen LogP contribution in [0.3, 0.4) is 0 Å². The van der Waals surface area contributed by atoms with Crippen molar-refractivity contribution in [2.75, 3.05) is 47.5 Å². The zero-order valence-corrected chi connectivity index (χ0v) is 37.9. The van der Waals surface area contributed by atoms with Crippen molar-refractivity contribution in [3.8, 4) is 0 Å². The minimum absolute atomic E-state index is 0.0183. The van der Waals surface area contributed by atoms with Crippen LogP contribution < -0.4 is 0 Å². The second kappa shape index (κ2) is 28.1. The number of carbonyl (C=O) groups is 2. The van der Waals surface area contributed by atoms with Crippen molar-refractivity contribution in [2.24, 2.45) is 0 Å². The number of phosphoric ester groups is 1. The van der Waals surface area contributed by atoms with Crippen LogP contribution in [0.2, 0.25) is 0 Å². The molecule has 0 amide bonds. The first kappa shape index (κ1) is 50.7. The number of ether oxygens (including phenoxy) is 2. The summed E-state index contributed by atoms with van der Waals surface area (Å²) in [6, 6.07) is 2.18. The SMILES string of the molecule is CCCc1cc(C)c(CCCCCCCCCCC(=O)OC(COC(=O)CCCCCCCCc2oc(CCC)c(C)c2C)COP(=O)(O)OCC[N+](C)(C)C)o1. The Hall–Kier alpha value is -2.43. The van der Waals surface area contributed by atoms with Crippen LogP contribution in [-0.4, -0.2) is 74.9 Å². The fourth-order valence-corrected chi connectivity index (χ4v) is 7.51. The van der Waals surface area contributed by atoms with Crippen LogP contribution in [0.4, 0.5) is 0 Å². The average Bonchev–Trinajstić information content (AvgIpc) is 3.63. The summed E-state index contributed by atoms with van der Waals surface area (Å²) in [7, 11) is 1.43. The smallest absolute Gasteiger partial charge is 0.466 e. The van der Waals surface area contributed by atoms with E-state index >= 15 is 0 Å². The lowest BCUT2D eigenvalue weighted by atomic mass is 10.0. The maximum Gasteiger partial charge on any atom is 0.472 e. The van der Waals surface area contributed by atoms with E-state index in [1.807, 2.05) is 21.1 Å². The Labute approximate surface area is 345 Å². The van der Waals surface area contributed by atoms with Gasteiger partial charge in [0.1, 0.15) is 42.8 Å². The number of rotatable bonds is 34. The Balaban J connectivity index is 1.66. The van der Waals surface area contributed by atoms with Gasteiger partial charge in [0.2, 0.25) is 0 Å². The van der Waals surface area contributed by atoms with E-state index in [2.05, 4.69) is 40.7 Å². The summed E-state index contributed by atoms with van der Waals surface area (Å²) < 4.78 is 46.5. The summed E-state index contributed by atoms with van der Waals surface area (Å²) in [4.78, 5) is 35.5. The molecule has 0 aliphatic carbocycles. The molecule has 328 valence electrons. The van der Waals surface area contributed by atoms with Gasteiger partial charge in [-0.15, -0.1) is 0 Å². The van der Waals surface area contributed by atoms with Gasteiger partial charge in [0.25, 0.3) is 0 Å². The minimum Gasteiger partial charge on any atom is -0.466 e. The molecule has 0 fully saturated rings. The molecule has 2 heterocycles. The molecule has 0 spiro atoms. The van der Waals surface area contributed by atoms with Crippen molar-refractivity contribution < 1.29 is 50.9 Å². The first-order valence-electron chi connectivity index (χ1n) is 22.1. The third-order valence-electron chi connectivity index (χ3n) is 10.4. The van der Waals surface area contributed by atoms with Crippen molar-refractivity contribution in [2.45, 2.75) is 182 Å². The molecular formula is C45H79NO10P+. The molecule has 57 heavy (non-hydrogen) atoms. The van der Waals surface area contributed by atoms with Crippen molar-refractivity contribution in [3.05, 3.63) is 45.8 Å². The summed E-state index contributed by atoms with van der Waals surface area (Å²) in [6.07, 6.45) is 19.9. The van der Waals surface area contributed by atoms with Crippen LogP contribution >= 0.6 is 7.82 Å².